The fraction of sp³-hybridized carbons (Fsp3) is 0.871. The first kappa shape index (κ1) is 68.9. The second kappa shape index (κ2) is 50.7. The molecule has 1 aliphatic rings. The molecule has 428 valence electrons. The number of ether oxygens (including phenoxy) is 3. The van der Waals surface area contributed by atoms with E-state index in [9.17, 15) is 35.1 Å². The van der Waals surface area contributed by atoms with Crippen LogP contribution in [0.2, 0.25) is 0 Å². The van der Waals surface area contributed by atoms with Crippen molar-refractivity contribution in [1.82, 2.24) is 5.32 Å². The molecule has 1 rings (SSSR count). The molecule has 1 amide bonds. The van der Waals surface area contributed by atoms with Gasteiger partial charge in [-0.15, -0.1) is 0 Å². The van der Waals surface area contributed by atoms with Crippen LogP contribution in [-0.4, -0.2) is 99.6 Å². The van der Waals surface area contributed by atoms with Gasteiger partial charge in [-0.1, -0.05) is 237 Å². The van der Waals surface area contributed by atoms with Gasteiger partial charge in [0.15, 0.2) is 12.4 Å². The third-order valence-electron chi connectivity index (χ3n) is 14.5. The van der Waals surface area contributed by atoms with Gasteiger partial charge < -0.3 is 45.1 Å². The van der Waals surface area contributed by atoms with Crippen LogP contribution in [0.4, 0.5) is 0 Å². The third-order valence-corrected chi connectivity index (χ3v) is 14.5. The van der Waals surface area contributed by atoms with Crippen molar-refractivity contribution >= 4 is 11.9 Å². The van der Waals surface area contributed by atoms with Gasteiger partial charge >= 0.3 is 5.97 Å². The summed E-state index contributed by atoms with van der Waals surface area (Å²) in [6.45, 7) is 5.78. The number of amides is 1. The molecule has 11 nitrogen and oxygen atoms in total. The molecular formula is C62H115NO10. The molecule has 1 aliphatic heterocycles. The summed E-state index contributed by atoms with van der Waals surface area (Å²) < 4.78 is 17.6. The lowest BCUT2D eigenvalue weighted by Gasteiger charge is -2.41. The number of rotatable bonds is 52. The number of hydrogen-bond acceptors (Lipinski definition) is 10. The van der Waals surface area contributed by atoms with E-state index in [1.54, 1.807) is 6.08 Å². The molecule has 1 saturated heterocycles. The minimum absolute atomic E-state index is 0.105. The number of carbonyl (C=O) groups excluding carboxylic acids is 2. The summed E-state index contributed by atoms with van der Waals surface area (Å²) in [6, 6.07) is -1.03. The molecule has 0 aliphatic carbocycles. The highest BCUT2D eigenvalue weighted by Gasteiger charge is 2.47. The summed E-state index contributed by atoms with van der Waals surface area (Å²) >= 11 is 0. The predicted molar refractivity (Wildman–Crippen MR) is 301 cm³/mol. The molecule has 0 bridgehead atoms. The lowest BCUT2D eigenvalue weighted by atomic mass is 9.99. The number of carbonyl (C=O) groups is 2. The Morgan fingerprint density at radius 1 is 0.521 bits per heavy atom. The van der Waals surface area contributed by atoms with Crippen LogP contribution in [0.3, 0.4) is 0 Å². The van der Waals surface area contributed by atoms with E-state index in [0.717, 1.165) is 70.6 Å². The molecule has 8 unspecified atom stereocenters. The van der Waals surface area contributed by atoms with Crippen molar-refractivity contribution in [3.8, 4) is 0 Å². The van der Waals surface area contributed by atoms with Crippen LogP contribution in [0.1, 0.15) is 284 Å². The minimum atomic E-state index is -1.62. The highest BCUT2D eigenvalue weighted by Crippen LogP contribution is 2.26. The van der Waals surface area contributed by atoms with Gasteiger partial charge in [-0.2, -0.15) is 0 Å². The lowest BCUT2D eigenvalue weighted by molar-refractivity contribution is -0.305. The van der Waals surface area contributed by atoms with Crippen molar-refractivity contribution < 1.29 is 49.3 Å². The van der Waals surface area contributed by atoms with E-state index in [1.807, 2.05) is 6.08 Å². The number of aliphatic hydroxyl groups is 5. The molecule has 0 radical (unpaired) electrons. The van der Waals surface area contributed by atoms with E-state index < -0.39 is 67.4 Å². The largest absolute Gasteiger partial charge is 0.454 e. The number of unbranched alkanes of at least 4 members (excludes halogenated alkanes) is 34. The van der Waals surface area contributed by atoms with Gasteiger partial charge in [0.1, 0.15) is 24.4 Å². The van der Waals surface area contributed by atoms with Gasteiger partial charge in [0.25, 0.3) is 0 Å². The summed E-state index contributed by atoms with van der Waals surface area (Å²) in [5, 5.41) is 56.9. The zero-order chi connectivity index (χ0) is 53.3. The number of aliphatic hydroxyl groups excluding tert-OH is 5. The van der Waals surface area contributed by atoms with Crippen molar-refractivity contribution in [1.29, 1.82) is 0 Å². The normalized spacial score (nSPS) is 19.6. The first-order valence-corrected chi connectivity index (χ1v) is 30.8. The van der Waals surface area contributed by atoms with Crippen LogP contribution >= 0.6 is 0 Å². The topological polar surface area (TPSA) is 175 Å². The molecule has 0 saturated carbocycles. The smallest absolute Gasteiger partial charge is 0.306 e. The van der Waals surface area contributed by atoms with Gasteiger partial charge in [-0.3, -0.25) is 9.59 Å². The average molecular weight is 1030 g/mol. The van der Waals surface area contributed by atoms with Crippen LogP contribution in [-0.2, 0) is 23.8 Å². The third kappa shape index (κ3) is 39.0. The first-order chi connectivity index (χ1) is 35.7. The second-order valence-corrected chi connectivity index (χ2v) is 21.4. The summed E-state index contributed by atoms with van der Waals surface area (Å²) in [5.41, 5.74) is 0. The Morgan fingerprint density at radius 2 is 0.904 bits per heavy atom. The SMILES string of the molecule is CCCCCCCC/C=C\CCCCCC(=O)OC1C(OCC(NC(=O)C(O)CCCCCCCCCC/C=C/CCCCCCCC)C(O)/C=C/CCCCCCCCCCCCC)OC(CO)C(O)C1O. The summed E-state index contributed by atoms with van der Waals surface area (Å²) in [6.07, 6.45) is 49.0. The Morgan fingerprint density at radius 3 is 1.33 bits per heavy atom. The van der Waals surface area contributed by atoms with Gasteiger partial charge in [0.05, 0.1) is 25.4 Å². The van der Waals surface area contributed by atoms with E-state index >= 15 is 0 Å². The molecule has 1 heterocycles. The van der Waals surface area contributed by atoms with Gasteiger partial charge in [-0.25, -0.2) is 0 Å². The van der Waals surface area contributed by atoms with Gasteiger partial charge in [-0.05, 0) is 77.0 Å². The first-order valence-electron chi connectivity index (χ1n) is 30.8. The molecule has 0 aromatic carbocycles. The number of allylic oxidation sites excluding steroid dienone is 5. The van der Waals surface area contributed by atoms with Crippen molar-refractivity contribution in [2.75, 3.05) is 13.2 Å². The Labute approximate surface area is 447 Å². The van der Waals surface area contributed by atoms with Crippen LogP contribution < -0.4 is 5.32 Å². The van der Waals surface area contributed by atoms with Crippen LogP contribution in [0.25, 0.3) is 0 Å². The van der Waals surface area contributed by atoms with Crippen molar-refractivity contribution in [2.45, 2.75) is 333 Å². The maximum Gasteiger partial charge on any atom is 0.306 e. The number of hydrogen-bond donors (Lipinski definition) is 6. The Kier molecular flexibility index (Phi) is 47.8. The van der Waals surface area contributed by atoms with E-state index in [2.05, 4.69) is 50.4 Å². The minimum Gasteiger partial charge on any atom is -0.454 e. The maximum absolute atomic E-state index is 13.4. The Bertz CT molecular complexity index is 1330. The van der Waals surface area contributed by atoms with E-state index in [-0.39, 0.29) is 19.4 Å². The standard InChI is InChI=1S/C62H115NO10/c1-4-7-10-13-16-19-22-25-26-27-28-29-32-34-37-40-43-46-49-55(66)61(70)63-53(54(65)48-45-42-39-36-33-30-23-20-17-14-11-8-5-2)52-71-62-60(59(69)58(68)56(51-64)72-62)73-57(67)50-47-44-41-38-35-31-24-21-18-15-12-9-6-3/h25-26,31,35,45,48,53-56,58-60,62,64-66,68-69H,4-24,27-30,32-34,36-44,46-47,49-52H2,1-3H3,(H,63,70)/b26-25+,35-31-,48-45+. The quantitative estimate of drug-likeness (QED) is 0.0195. The van der Waals surface area contributed by atoms with E-state index in [1.165, 1.54) is 167 Å². The maximum atomic E-state index is 13.4. The predicted octanol–water partition coefficient (Wildman–Crippen LogP) is 14.3. The molecule has 11 heteroatoms. The Hall–Kier alpha value is -2.12. The van der Waals surface area contributed by atoms with Gasteiger partial charge in [0, 0.05) is 6.42 Å². The highest BCUT2D eigenvalue weighted by atomic mass is 16.7. The number of nitrogens with one attached hydrogen (secondary N) is 1. The highest BCUT2D eigenvalue weighted by molar-refractivity contribution is 5.80. The van der Waals surface area contributed by atoms with E-state index in [4.69, 9.17) is 14.2 Å². The van der Waals surface area contributed by atoms with Crippen LogP contribution in [0, 0.1) is 0 Å². The van der Waals surface area contributed by atoms with E-state index in [0.29, 0.717) is 12.8 Å². The second-order valence-electron chi connectivity index (χ2n) is 21.4. The molecule has 1 fully saturated rings. The zero-order valence-corrected chi connectivity index (χ0v) is 47.3. The van der Waals surface area contributed by atoms with Crippen LogP contribution in [0.15, 0.2) is 36.5 Å². The summed E-state index contributed by atoms with van der Waals surface area (Å²) in [5.74, 6) is -1.21. The molecular weight excluding hydrogens is 919 g/mol. The van der Waals surface area contributed by atoms with Crippen LogP contribution in [0.5, 0.6) is 0 Å². The monoisotopic (exact) mass is 1030 g/mol. The number of esters is 1. The lowest BCUT2D eigenvalue weighted by Crippen LogP contribution is -2.61. The fourth-order valence-corrected chi connectivity index (χ4v) is 9.58. The molecule has 0 aromatic rings. The molecule has 8 atom stereocenters. The van der Waals surface area contributed by atoms with Crippen molar-refractivity contribution in [3.63, 3.8) is 0 Å². The molecule has 6 N–H and O–H groups in total. The molecule has 0 aromatic heterocycles. The summed E-state index contributed by atoms with van der Waals surface area (Å²) in [7, 11) is 0. The fourth-order valence-electron chi connectivity index (χ4n) is 9.58. The molecule has 0 spiro atoms. The zero-order valence-electron chi connectivity index (χ0n) is 47.3. The average Bonchev–Trinajstić information content (AvgIpc) is 3.39. The Balaban J connectivity index is 2.70. The van der Waals surface area contributed by atoms with Gasteiger partial charge in [0.2, 0.25) is 5.91 Å². The summed E-state index contributed by atoms with van der Waals surface area (Å²) in [4.78, 5) is 26.5. The van der Waals surface area contributed by atoms with Crippen molar-refractivity contribution in [2.24, 2.45) is 0 Å². The van der Waals surface area contributed by atoms with Crippen molar-refractivity contribution in [3.05, 3.63) is 36.5 Å². The molecule has 73 heavy (non-hydrogen) atoms.